The van der Waals surface area contributed by atoms with Crippen molar-refractivity contribution in [3.63, 3.8) is 0 Å². The van der Waals surface area contributed by atoms with E-state index in [-0.39, 0.29) is 5.75 Å². The lowest BCUT2D eigenvalue weighted by Crippen LogP contribution is -2.18. The van der Waals surface area contributed by atoms with E-state index in [9.17, 15) is 8.78 Å². The van der Waals surface area contributed by atoms with Gasteiger partial charge < -0.3 is 10.1 Å². The Hall–Kier alpha value is -2.45. The Balaban J connectivity index is 1.51. The van der Waals surface area contributed by atoms with Gasteiger partial charge in [-0.15, -0.1) is 0 Å². The van der Waals surface area contributed by atoms with Gasteiger partial charge in [-0.3, -0.25) is 0 Å². The minimum Gasteiger partial charge on any atom is -0.487 e. The molecule has 122 valence electrons. The van der Waals surface area contributed by atoms with Gasteiger partial charge in [-0.05, 0) is 60.3 Å². The van der Waals surface area contributed by atoms with Gasteiger partial charge in [-0.25, -0.2) is 8.78 Å². The van der Waals surface area contributed by atoms with Crippen molar-refractivity contribution in [3.8, 4) is 22.9 Å². The lowest BCUT2D eigenvalue weighted by molar-refractivity contribution is 0.255. The number of hydrogen-bond acceptors (Lipinski definition) is 3. The molecule has 1 saturated heterocycles. The normalized spacial score (nSPS) is 24.3. The summed E-state index contributed by atoms with van der Waals surface area (Å²) in [6, 6.07) is 11.1. The fourth-order valence-electron chi connectivity index (χ4n) is 3.57. The first-order chi connectivity index (χ1) is 11.7. The summed E-state index contributed by atoms with van der Waals surface area (Å²) >= 11 is 0. The number of nitriles is 1. The zero-order valence-corrected chi connectivity index (χ0v) is 12.9. The van der Waals surface area contributed by atoms with Crippen LogP contribution in [-0.2, 0) is 0 Å². The molecule has 3 nitrogen and oxygen atoms in total. The standard InChI is InChI=1S/C19H16F2N2O/c20-17-5-13(12-3-1-11(7-22)2-4-12)6-18(21)19(17)24-10-16-14-8-23-9-15(14)16/h1-6,14-16,23H,8-10H2. The second-order valence-corrected chi connectivity index (χ2v) is 6.42. The van der Waals surface area contributed by atoms with Gasteiger partial charge in [-0.2, -0.15) is 5.26 Å². The molecular formula is C19H16F2N2O. The van der Waals surface area contributed by atoms with Crippen LogP contribution in [0.1, 0.15) is 5.56 Å². The number of ether oxygens (including phenoxy) is 1. The second-order valence-electron chi connectivity index (χ2n) is 6.42. The van der Waals surface area contributed by atoms with Gasteiger partial charge in [0.05, 0.1) is 18.2 Å². The molecule has 2 unspecified atom stereocenters. The fourth-order valence-corrected chi connectivity index (χ4v) is 3.57. The lowest BCUT2D eigenvalue weighted by Gasteiger charge is -2.11. The zero-order valence-electron chi connectivity index (χ0n) is 12.9. The maximum absolute atomic E-state index is 14.3. The third kappa shape index (κ3) is 2.63. The molecule has 1 aliphatic heterocycles. The molecule has 1 heterocycles. The monoisotopic (exact) mass is 326 g/mol. The molecule has 24 heavy (non-hydrogen) atoms. The molecule has 2 aromatic rings. The number of halogens is 2. The molecule has 5 heteroatoms. The summed E-state index contributed by atoms with van der Waals surface area (Å²) in [5.74, 6) is -0.103. The third-order valence-corrected chi connectivity index (χ3v) is 5.03. The Labute approximate surface area is 138 Å². The number of piperidine rings is 1. The smallest absolute Gasteiger partial charge is 0.190 e. The summed E-state index contributed by atoms with van der Waals surface area (Å²) in [6.07, 6.45) is 0. The SMILES string of the molecule is N#Cc1ccc(-c2cc(F)c(OCC3C4CNCC43)c(F)c2)cc1. The van der Waals surface area contributed by atoms with Crippen LogP contribution in [-0.4, -0.2) is 19.7 Å². The molecule has 0 spiro atoms. The highest BCUT2D eigenvalue weighted by molar-refractivity contribution is 5.65. The number of nitrogens with one attached hydrogen (secondary N) is 1. The van der Waals surface area contributed by atoms with E-state index in [1.54, 1.807) is 24.3 Å². The van der Waals surface area contributed by atoms with E-state index < -0.39 is 11.6 Å². The van der Waals surface area contributed by atoms with E-state index in [0.29, 0.717) is 41.1 Å². The molecule has 1 aliphatic carbocycles. The summed E-state index contributed by atoms with van der Waals surface area (Å²) in [5, 5.41) is 12.1. The van der Waals surface area contributed by atoms with Crippen molar-refractivity contribution in [1.82, 2.24) is 5.32 Å². The molecule has 0 aromatic heterocycles. The summed E-state index contributed by atoms with van der Waals surface area (Å²) in [6.45, 7) is 2.31. The Bertz CT molecular complexity index is 780. The summed E-state index contributed by atoms with van der Waals surface area (Å²) in [5.41, 5.74) is 1.58. The van der Waals surface area contributed by atoms with Gasteiger partial charge in [0.1, 0.15) is 0 Å². The highest BCUT2D eigenvalue weighted by Crippen LogP contribution is 2.48. The molecule has 0 radical (unpaired) electrons. The van der Waals surface area contributed by atoms with Crippen LogP contribution in [0.25, 0.3) is 11.1 Å². The molecule has 0 bridgehead atoms. The highest BCUT2D eigenvalue weighted by atomic mass is 19.1. The van der Waals surface area contributed by atoms with Gasteiger partial charge in [0.15, 0.2) is 17.4 Å². The quantitative estimate of drug-likeness (QED) is 0.937. The average Bonchev–Trinajstić information content (AvgIpc) is 3.02. The van der Waals surface area contributed by atoms with E-state index in [0.717, 1.165) is 13.1 Å². The minimum absolute atomic E-state index is 0.301. The van der Waals surface area contributed by atoms with Crippen molar-refractivity contribution in [2.45, 2.75) is 0 Å². The number of rotatable bonds is 4. The summed E-state index contributed by atoms with van der Waals surface area (Å²) < 4.78 is 34.0. The van der Waals surface area contributed by atoms with Crippen molar-refractivity contribution in [3.05, 3.63) is 53.6 Å². The van der Waals surface area contributed by atoms with Crippen molar-refractivity contribution in [2.75, 3.05) is 19.7 Å². The van der Waals surface area contributed by atoms with Crippen LogP contribution in [0.4, 0.5) is 8.78 Å². The van der Waals surface area contributed by atoms with Crippen LogP contribution in [0, 0.1) is 40.7 Å². The maximum atomic E-state index is 14.3. The van der Waals surface area contributed by atoms with Gasteiger partial charge in [0, 0.05) is 5.92 Å². The van der Waals surface area contributed by atoms with Gasteiger partial charge in [0.25, 0.3) is 0 Å². The summed E-state index contributed by atoms with van der Waals surface area (Å²) in [7, 11) is 0. The predicted octanol–water partition coefficient (Wildman–Crippen LogP) is 3.35. The number of fused-ring (bicyclic) bond motifs is 1. The largest absolute Gasteiger partial charge is 0.487 e. The zero-order chi connectivity index (χ0) is 16.7. The van der Waals surface area contributed by atoms with Crippen molar-refractivity contribution in [2.24, 2.45) is 17.8 Å². The lowest BCUT2D eigenvalue weighted by atomic mass is 10.0. The molecule has 2 aliphatic rings. The highest BCUT2D eigenvalue weighted by Gasteiger charge is 2.53. The number of benzene rings is 2. The first-order valence-electron chi connectivity index (χ1n) is 8.00. The van der Waals surface area contributed by atoms with Crippen LogP contribution in [0.2, 0.25) is 0 Å². The fraction of sp³-hybridized carbons (Fsp3) is 0.316. The topological polar surface area (TPSA) is 45.0 Å². The van der Waals surface area contributed by atoms with Gasteiger partial charge >= 0.3 is 0 Å². The maximum Gasteiger partial charge on any atom is 0.190 e. The molecular weight excluding hydrogens is 310 g/mol. The Morgan fingerprint density at radius 3 is 2.25 bits per heavy atom. The van der Waals surface area contributed by atoms with Crippen LogP contribution in [0.3, 0.4) is 0 Å². The van der Waals surface area contributed by atoms with Crippen LogP contribution in [0.15, 0.2) is 36.4 Å². The van der Waals surface area contributed by atoms with Gasteiger partial charge in [-0.1, -0.05) is 12.1 Å². The molecule has 1 N–H and O–H groups in total. The first kappa shape index (κ1) is 15.1. The molecule has 2 aromatic carbocycles. The van der Waals surface area contributed by atoms with E-state index in [1.165, 1.54) is 12.1 Å². The van der Waals surface area contributed by atoms with E-state index in [1.807, 2.05) is 6.07 Å². The Morgan fingerprint density at radius 2 is 1.67 bits per heavy atom. The number of nitrogens with zero attached hydrogens (tertiary/aromatic N) is 1. The van der Waals surface area contributed by atoms with E-state index in [4.69, 9.17) is 10.00 Å². The molecule has 4 rings (SSSR count). The molecule has 0 amide bonds. The van der Waals surface area contributed by atoms with E-state index in [2.05, 4.69) is 5.32 Å². The summed E-state index contributed by atoms with van der Waals surface area (Å²) in [4.78, 5) is 0. The Morgan fingerprint density at radius 1 is 1.04 bits per heavy atom. The molecule has 2 atom stereocenters. The van der Waals surface area contributed by atoms with E-state index >= 15 is 0 Å². The number of hydrogen-bond donors (Lipinski definition) is 1. The molecule has 1 saturated carbocycles. The van der Waals surface area contributed by atoms with Crippen molar-refractivity contribution < 1.29 is 13.5 Å². The van der Waals surface area contributed by atoms with Crippen LogP contribution < -0.4 is 10.1 Å². The molecule has 2 fully saturated rings. The van der Waals surface area contributed by atoms with Crippen molar-refractivity contribution in [1.29, 1.82) is 5.26 Å². The van der Waals surface area contributed by atoms with Crippen LogP contribution in [0.5, 0.6) is 5.75 Å². The second kappa shape index (κ2) is 5.88. The van der Waals surface area contributed by atoms with Gasteiger partial charge in [0.2, 0.25) is 0 Å². The van der Waals surface area contributed by atoms with Crippen LogP contribution >= 0.6 is 0 Å². The average molecular weight is 326 g/mol. The predicted molar refractivity (Wildman–Crippen MR) is 85.3 cm³/mol. The third-order valence-electron chi connectivity index (χ3n) is 5.03. The minimum atomic E-state index is -0.696. The first-order valence-corrected chi connectivity index (χ1v) is 8.00. The Kier molecular flexibility index (Phi) is 3.70. The van der Waals surface area contributed by atoms with Crippen molar-refractivity contribution >= 4 is 0 Å².